The quantitative estimate of drug-likeness (QED) is 0.505. The van der Waals surface area contributed by atoms with Crippen LogP contribution in [0.15, 0.2) is 48.5 Å². The van der Waals surface area contributed by atoms with Crippen LogP contribution in [0.4, 0.5) is 0 Å². The van der Waals surface area contributed by atoms with Crippen LogP contribution in [0.25, 0.3) is 21.5 Å². The fraction of sp³-hybridized carbons (Fsp3) is 0. The van der Waals surface area contributed by atoms with Gasteiger partial charge >= 0.3 is 0 Å². The lowest BCUT2D eigenvalue weighted by atomic mass is 10.00. The van der Waals surface area contributed by atoms with Gasteiger partial charge in [-0.25, -0.2) is 0 Å². The number of benzene rings is 3. The maximum Gasteiger partial charge on any atom is 0.154 e. The van der Waals surface area contributed by atoms with E-state index in [-0.39, 0.29) is 5.75 Å². The zero-order valence-electron chi connectivity index (χ0n) is 9.05. The first kappa shape index (κ1) is 9.85. The zero-order chi connectivity index (χ0) is 11.8. The molecule has 1 N–H and O–H groups in total. The SMILES string of the molecule is O=Cc1c(O)ccc2cc3ccccc3cc12. The molecule has 82 valence electrons. The Bertz CT molecular complexity index is 729. The van der Waals surface area contributed by atoms with Crippen LogP contribution < -0.4 is 0 Å². The average Bonchev–Trinajstić information content (AvgIpc) is 2.36. The van der Waals surface area contributed by atoms with Crippen molar-refractivity contribution in [1.29, 1.82) is 0 Å². The van der Waals surface area contributed by atoms with E-state index in [1.807, 2.05) is 42.5 Å². The van der Waals surface area contributed by atoms with E-state index in [0.717, 1.165) is 21.5 Å². The van der Waals surface area contributed by atoms with E-state index in [2.05, 4.69) is 0 Å². The van der Waals surface area contributed by atoms with E-state index in [1.165, 1.54) is 0 Å². The summed E-state index contributed by atoms with van der Waals surface area (Å²) in [7, 11) is 0. The molecule has 3 aromatic carbocycles. The van der Waals surface area contributed by atoms with Gasteiger partial charge in [0.1, 0.15) is 5.75 Å². The van der Waals surface area contributed by atoms with E-state index in [0.29, 0.717) is 11.8 Å². The molecule has 0 aliphatic heterocycles. The number of fused-ring (bicyclic) bond motifs is 2. The van der Waals surface area contributed by atoms with Crippen molar-refractivity contribution in [2.45, 2.75) is 0 Å². The molecule has 0 spiro atoms. The van der Waals surface area contributed by atoms with Gasteiger partial charge < -0.3 is 5.11 Å². The normalized spacial score (nSPS) is 10.8. The number of rotatable bonds is 1. The molecule has 0 saturated carbocycles. The lowest BCUT2D eigenvalue weighted by Crippen LogP contribution is -1.85. The van der Waals surface area contributed by atoms with Crippen LogP contribution in [0.3, 0.4) is 0 Å². The van der Waals surface area contributed by atoms with Crippen molar-refractivity contribution >= 4 is 27.8 Å². The maximum atomic E-state index is 11.0. The minimum atomic E-state index is 0.0304. The molecule has 0 aromatic heterocycles. The van der Waals surface area contributed by atoms with Gasteiger partial charge in [-0.05, 0) is 39.7 Å². The van der Waals surface area contributed by atoms with E-state index in [4.69, 9.17) is 0 Å². The number of phenols is 1. The number of hydrogen-bond donors (Lipinski definition) is 1. The molecule has 2 heteroatoms. The summed E-state index contributed by atoms with van der Waals surface area (Å²) in [4.78, 5) is 11.0. The van der Waals surface area contributed by atoms with Crippen LogP contribution in [-0.2, 0) is 0 Å². The molecular formula is C15H10O2. The summed E-state index contributed by atoms with van der Waals surface area (Å²) >= 11 is 0. The van der Waals surface area contributed by atoms with Gasteiger partial charge in [-0.15, -0.1) is 0 Å². The molecule has 0 aliphatic carbocycles. The first-order chi connectivity index (χ1) is 8.29. The Labute approximate surface area is 98.1 Å². The lowest BCUT2D eigenvalue weighted by Gasteiger charge is -2.05. The lowest BCUT2D eigenvalue weighted by molar-refractivity contribution is 0.112. The third-order valence-corrected chi connectivity index (χ3v) is 3.02. The minimum Gasteiger partial charge on any atom is -0.507 e. The summed E-state index contributed by atoms with van der Waals surface area (Å²) in [5.41, 5.74) is 0.355. The van der Waals surface area contributed by atoms with Gasteiger partial charge in [0, 0.05) is 0 Å². The van der Waals surface area contributed by atoms with Crippen LogP contribution in [0.1, 0.15) is 10.4 Å². The zero-order valence-corrected chi connectivity index (χ0v) is 9.05. The van der Waals surface area contributed by atoms with Gasteiger partial charge in [-0.1, -0.05) is 30.3 Å². The Balaban J connectivity index is 2.52. The second-order valence-corrected chi connectivity index (χ2v) is 4.04. The number of aldehydes is 1. The van der Waals surface area contributed by atoms with Crippen LogP contribution >= 0.6 is 0 Å². The fourth-order valence-corrected chi connectivity index (χ4v) is 2.15. The number of carbonyl (C=O) groups excluding carboxylic acids is 1. The summed E-state index contributed by atoms with van der Waals surface area (Å²) < 4.78 is 0. The molecule has 0 aliphatic rings. The number of phenolic OH excluding ortho intramolecular Hbond substituents is 1. The molecule has 0 heterocycles. The highest BCUT2D eigenvalue weighted by Crippen LogP contribution is 2.29. The Morgan fingerprint density at radius 1 is 0.882 bits per heavy atom. The van der Waals surface area contributed by atoms with Crippen molar-refractivity contribution < 1.29 is 9.90 Å². The van der Waals surface area contributed by atoms with Crippen LogP contribution in [0, 0.1) is 0 Å². The maximum absolute atomic E-state index is 11.0. The van der Waals surface area contributed by atoms with E-state index >= 15 is 0 Å². The van der Waals surface area contributed by atoms with Crippen molar-refractivity contribution in [2.75, 3.05) is 0 Å². The summed E-state index contributed by atoms with van der Waals surface area (Å²) in [5, 5.41) is 13.6. The highest BCUT2D eigenvalue weighted by molar-refractivity contribution is 6.06. The third-order valence-electron chi connectivity index (χ3n) is 3.02. The third kappa shape index (κ3) is 1.46. The molecular weight excluding hydrogens is 212 g/mol. The second-order valence-electron chi connectivity index (χ2n) is 4.04. The van der Waals surface area contributed by atoms with Crippen molar-refractivity contribution in [3.05, 3.63) is 54.1 Å². The second kappa shape index (κ2) is 3.59. The molecule has 0 atom stereocenters. The minimum absolute atomic E-state index is 0.0304. The molecule has 3 rings (SSSR count). The van der Waals surface area contributed by atoms with Gasteiger partial charge in [0.2, 0.25) is 0 Å². The predicted octanol–water partition coefficient (Wildman–Crippen LogP) is 3.51. The van der Waals surface area contributed by atoms with Crippen molar-refractivity contribution in [2.24, 2.45) is 0 Å². The topological polar surface area (TPSA) is 37.3 Å². The smallest absolute Gasteiger partial charge is 0.154 e. The van der Waals surface area contributed by atoms with Crippen molar-refractivity contribution in [3.8, 4) is 5.75 Å². The standard InChI is InChI=1S/C15H10O2/c16-9-14-13-8-11-4-2-1-3-10(11)7-12(13)5-6-15(14)17/h1-9,17H. The highest BCUT2D eigenvalue weighted by Gasteiger charge is 2.06. The van der Waals surface area contributed by atoms with E-state index < -0.39 is 0 Å². The van der Waals surface area contributed by atoms with E-state index in [9.17, 15) is 9.90 Å². The molecule has 17 heavy (non-hydrogen) atoms. The van der Waals surface area contributed by atoms with Crippen molar-refractivity contribution in [3.63, 3.8) is 0 Å². The van der Waals surface area contributed by atoms with Gasteiger partial charge in [-0.2, -0.15) is 0 Å². The average molecular weight is 222 g/mol. The predicted molar refractivity (Wildman–Crippen MR) is 68.5 cm³/mol. The molecule has 0 saturated heterocycles. The van der Waals surface area contributed by atoms with Crippen LogP contribution in [0.5, 0.6) is 5.75 Å². The largest absolute Gasteiger partial charge is 0.507 e. The molecule has 0 unspecified atom stereocenters. The van der Waals surface area contributed by atoms with Gasteiger partial charge in [-0.3, -0.25) is 4.79 Å². The Hall–Kier alpha value is -2.35. The van der Waals surface area contributed by atoms with Crippen LogP contribution in [-0.4, -0.2) is 11.4 Å². The first-order valence-electron chi connectivity index (χ1n) is 5.39. The molecule has 0 radical (unpaired) electrons. The van der Waals surface area contributed by atoms with E-state index in [1.54, 1.807) is 6.07 Å². The monoisotopic (exact) mass is 222 g/mol. The van der Waals surface area contributed by atoms with Crippen molar-refractivity contribution in [1.82, 2.24) is 0 Å². The Morgan fingerprint density at radius 3 is 2.29 bits per heavy atom. The van der Waals surface area contributed by atoms with Gasteiger partial charge in [0.25, 0.3) is 0 Å². The Morgan fingerprint density at radius 2 is 1.59 bits per heavy atom. The summed E-state index contributed by atoms with van der Waals surface area (Å²) in [6.07, 6.45) is 0.701. The molecule has 2 nitrogen and oxygen atoms in total. The fourth-order valence-electron chi connectivity index (χ4n) is 2.15. The number of hydrogen-bond acceptors (Lipinski definition) is 2. The summed E-state index contributed by atoms with van der Waals surface area (Å²) in [6.45, 7) is 0. The van der Waals surface area contributed by atoms with Crippen LogP contribution in [0.2, 0.25) is 0 Å². The molecule has 3 aromatic rings. The molecule has 0 fully saturated rings. The number of aromatic hydroxyl groups is 1. The summed E-state index contributed by atoms with van der Waals surface area (Å²) in [5.74, 6) is 0.0304. The Kier molecular flexibility index (Phi) is 2.08. The molecule has 0 amide bonds. The number of carbonyl (C=O) groups is 1. The van der Waals surface area contributed by atoms with Gasteiger partial charge in [0.15, 0.2) is 6.29 Å². The first-order valence-corrected chi connectivity index (χ1v) is 5.39. The summed E-state index contributed by atoms with van der Waals surface area (Å²) in [6, 6.07) is 15.3. The van der Waals surface area contributed by atoms with Gasteiger partial charge in [0.05, 0.1) is 5.56 Å². The molecule has 0 bridgehead atoms. The highest BCUT2D eigenvalue weighted by atomic mass is 16.3.